The number of methoxy groups -OCH3 is 1. The lowest BCUT2D eigenvalue weighted by Crippen LogP contribution is -2.30. The monoisotopic (exact) mass is 401 g/mol. The van der Waals surface area contributed by atoms with Gasteiger partial charge in [0.1, 0.15) is 5.75 Å². The van der Waals surface area contributed by atoms with E-state index >= 15 is 0 Å². The molecular weight excluding hydrogens is 378 g/mol. The smallest absolute Gasteiger partial charge is 0.244 e. The Morgan fingerprint density at radius 1 is 1.32 bits per heavy atom. The van der Waals surface area contributed by atoms with Crippen LogP contribution in [-0.4, -0.2) is 25.7 Å². The van der Waals surface area contributed by atoms with Crippen LogP contribution in [0, 0.1) is 0 Å². The molecule has 2 aromatic rings. The zero-order valence-electron chi connectivity index (χ0n) is 16.2. The summed E-state index contributed by atoms with van der Waals surface area (Å²) < 4.78 is 16.7. The molecule has 0 saturated heterocycles. The first-order valence-corrected chi connectivity index (χ1v) is 9.60. The Morgan fingerprint density at radius 2 is 2.11 bits per heavy atom. The Morgan fingerprint density at radius 3 is 2.86 bits per heavy atom. The van der Waals surface area contributed by atoms with E-state index in [1.807, 2.05) is 38.1 Å². The molecule has 148 valence electrons. The number of rotatable bonds is 6. The Labute approximate surface area is 170 Å². The van der Waals surface area contributed by atoms with Crippen LogP contribution in [0.1, 0.15) is 37.4 Å². The second kappa shape index (κ2) is 9.02. The second-order valence-corrected chi connectivity index (χ2v) is 7.18. The fourth-order valence-electron chi connectivity index (χ4n) is 3.07. The maximum Gasteiger partial charge on any atom is 0.244 e. The highest BCUT2D eigenvalue weighted by atomic mass is 35.5. The number of para-hydroxylation sites is 1. The van der Waals surface area contributed by atoms with Crippen molar-refractivity contribution in [3.63, 3.8) is 0 Å². The van der Waals surface area contributed by atoms with Gasteiger partial charge in [-0.05, 0) is 43.7 Å². The zero-order chi connectivity index (χ0) is 20.1. The summed E-state index contributed by atoms with van der Waals surface area (Å²) in [5.41, 5.74) is 1.75. The molecule has 6 heteroatoms. The number of fused-ring (bicyclic) bond motifs is 1. The number of ether oxygens (including phenoxy) is 3. The minimum atomic E-state index is -0.181. The first-order valence-electron chi connectivity index (χ1n) is 9.22. The van der Waals surface area contributed by atoms with Gasteiger partial charge in [0.15, 0.2) is 11.5 Å². The maximum absolute atomic E-state index is 12.4. The van der Waals surface area contributed by atoms with Gasteiger partial charge in [-0.1, -0.05) is 29.8 Å². The van der Waals surface area contributed by atoms with Crippen molar-refractivity contribution < 1.29 is 19.0 Å². The molecule has 1 atom stereocenters. The lowest BCUT2D eigenvalue weighted by molar-refractivity contribution is -0.117. The van der Waals surface area contributed by atoms with Crippen LogP contribution >= 0.6 is 11.6 Å². The van der Waals surface area contributed by atoms with E-state index < -0.39 is 0 Å². The average molecular weight is 402 g/mol. The van der Waals surface area contributed by atoms with Gasteiger partial charge in [0, 0.05) is 18.1 Å². The van der Waals surface area contributed by atoms with Crippen molar-refractivity contribution in [2.24, 2.45) is 0 Å². The van der Waals surface area contributed by atoms with Crippen molar-refractivity contribution >= 4 is 23.6 Å². The van der Waals surface area contributed by atoms with Gasteiger partial charge in [-0.3, -0.25) is 4.79 Å². The Bertz CT molecular complexity index is 879. The van der Waals surface area contributed by atoms with Gasteiger partial charge in [-0.15, -0.1) is 0 Å². The molecule has 1 N–H and O–H groups in total. The number of benzene rings is 2. The van der Waals surface area contributed by atoms with Crippen molar-refractivity contribution in [2.75, 3.05) is 13.7 Å². The minimum absolute atomic E-state index is 0.0269. The van der Waals surface area contributed by atoms with Crippen molar-refractivity contribution in [3.05, 3.63) is 58.6 Å². The molecule has 1 amide bonds. The van der Waals surface area contributed by atoms with Gasteiger partial charge in [0.25, 0.3) is 0 Å². The highest BCUT2D eigenvalue weighted by Gasteiger charge is 2.21. The molecule has 3 rings (SSSR count). The molecule has 1 unspecified atom stereocenters. The molecule has 0 spiro atoms. The predicted molar refractivity (Wildman–Crippen MR) is 110 cm³/mol. The maximum atomic E-state index is 12.4. The van der Waals surface area contributed by atoms with E-state index in [4.69, 9.17) is 25.8 Å². The molecule has 1 heterocycles. The number of hydrogen-bond donors (Lipinski definition) is 1. The van der Waals surface area contributed by atoms with Crippen LogP contribution in [0.2, 0.25) is 5.02 Å². The third-order valence-corrected chi connectivity index (χ3v) is 4.59. The Hall–Kier alpha value is -2.66. The summed E-state index contributed by atoms with van der Waals surface area (Å²) in [6, 6.07) is 11.2. The van der Waals surface area contributed by atoms with Crippen LogP contribution in [0.5, 0.6) is 17.2 Å². The summed E-state index contributed by atoms with van der Waals surface area (Å²) in [5.74, 6) is 1.67. The van der Waals surface area contributed by atoms with Gasteiger partial charge in [0.2, 0.25) is 5.91 Å². The highest BCUT2D eigenvalue weighted by molar-refractivity contribution is 6.32. The SMILES string of the molecule is COc1cc(/C=C/C(=O)NC2CCOc3ccccc32)cc(Cl)c1OC(C)C. The number of hydrogen-bond acceptors (Lipinski definition) is 4. The fourth-order valence-corrected chi connectivity index (χ4v) is 3.33. The summed E-state index contributed by atoms with van der Waals surface area (Å²) in [6.45, 7) is 4.42. The first-order chi connectivity index (χ1) is 13.5. The van der Waals surface area contributed by atoms with Gasteiger partial charge in [0.05, 0.1) is 30.9 Å². The normalized spacial score (nSPS) is 15.8. The summed E-state index contributed by atoms with van der Waals surface area (Å²) in [7, 11) is 1.56. The molecule has 0 saturated carbocycles. The van der Waals surface area contributed by atoms with E-state index in [9.17, 15) is 4.79 Å². The zero-order valence-corrected chi connectivity index (χ0v) is 17.0. The molecule has 1 aliphatic heterocycles. The van der Waals surface area contributed by atoms with Crippen LogP contribution in [0.3, 0.4) is 0 Å². The molecule has 0 fully saturated rings. The summed E-state index contributed by atoms with van der Waals surface area (Å²) in [6.07, 6.45) is 3.90. The van der Waals surface area contributed by atoms with Crippen LogP contribution < -0.4 is 19.5 Å². The number of amides is 1. The van der Waals surface area contributed by atoms with Gasteiger partial charge in [-0.2, -0.15) is 0 Å². The van der Waals surface area contributed by atoms with Gasteiger partial charge in [-0.25, -0.2) is 0 Å². The third-order valence-electron chi connectivity index (χ3n) is 4.31. The average Bonchev–Trinajstić information content (AvgIpc) is 2.68. The molecule has 28 heavy (non-hydrogen) atoms. The Balaban J connectivity index is 1.72. The summed E-state index contributed by atoms with van der Waals surface area (Å²) >= 11 is 6.33. The van der Waals surface area contributed by atoms with E-state index in [-0.39, 0.29) is 18.1 Å². The largest absolute Gasteiger partial charge is 0.493 e. The molecule has 0 radical (unpaired) electrons. The first kappa shape index (κ1) is 20.1. The van der Waals surface area contributed by atoms with E-state index in [0.29, 0.717) is 23.1 Å². The molecular formula is C22H24ClNO4. The standard InChI is InChI=1S/C22H24ClNO4/c1-14(2)28-22-17(23)12-15(13-20(22)26-3)8-9-21(25)24-18-10-11-27-19-7-5-4-6-16(18)19/h4-9,12-14,18H,10-11H2,1-3H3,(H,24,25)/b9-8+. The number of halogens is 1. The third kappa shape index (κ3) is 4.78. The van der Waals surface area contributed by atoms with Crippen molar-refractivity contribution in [2.45, 2.75) is 32.4 Å². The van der Waals surface area contributed by atoms with Crippen LogP contribution in [0.15, 0.2) is 42.5 Å². The lowest BCUT2D eigenvalue weighted by Gasteiger charge is -2.26. The highest BCUT2D eigenvalue weighted by Crippen LogP contribution is 2.37. The van der Waals surface area contributed by atoms with Crippen molar-refractivity contribution in [3.8, 4) is 17.2 Å². The molecule has 5 nitrogen and oxygen atoms in total. The molecule has 0 aliphatic carbocycles. The lowest BCUT2D eigenvalue weighted by atomic mass is 10.0. The molecule has 1 aliphatic rings. The van der Waals surface area contributed by atoms with Crippen LogP contribution in [-0.2, 0) is 4.79 Å². The van der Waals surface area contributed by atoms with Crippen LogP contribution in [0.4, 0.5) is 0 Å². The predicted octanol–water partition coefficient (Wildman–Crippen LogP) is 4.79. The number of carbonyl (C=O) groups is 1. The van der Waals surface area contributed by atoms with E-state index in [2.05, 4.69) is 5.32 Å². The summed E-state index contributed by atoms with van der Waals surface area (Å²) in [4.78, 5) is 12.4. The quantitative estimate of drug-likeness (QED) is 0.707. The fraction of sp³-hybridized carbons (Fsp3) is 0.318. The Kier molecular flexibility index (Phi) is 6.47. The minimum Gasteiger partial charge on any atom is -0.493 e. The van der Waals surface area contributed by atoms with E-state index in [1.54, 1.807) is 25.3 Å². The van der Waals surface area contributed by atoms with Crippen molar-refractivity contribution in [1.29, 1.82) is 0 Å². The topological polar surface area (TPSA) is 56.8 Å². The van der Waals surface area contributed by atoms with Gasteiger partial charge >= 0.3 is 0 Å². The van der Waals surface area contributed by atoms with E-state index in [0.717, 1.165) is 23.3 Å². The number of carbonyl (C=O) groups excluding carboxylic acids is 1. The molecule has 0 bridgehead atoms. The van der Waals surface area contributed by atoms with Gasteiger partial charge < -0.3 is 19.5 Å². The molecule has 0 aromatic heterocycles. The van der Waals surface area contributed by atoms with E-state index in [1.165, 1.54) is 6.08 Å². The number of nitrogens with one attached hydrogen (secondary N) is 1. The molecule has 2 aromatic carbocycles. The summed E-state index contributed by atoms with van der Waals surface area (Å²) in [5, 5.41) is 3.47. The second-order valence-electron chi connectivity index (χ2n) is 6.77. The van der Waals surface area contributed by atoms with Crippen molar-refractivity contribution in [1.82, 2.24) is 5.32 Å². The van der Waals surface area contributed by atoms with Crippen LogP contribution in [0.25, 0.3) is 6.08 Å².